The van der Waals surface area contributed by atoms with Crippen LogP contribution in [0.15, 0.2) is 0 Å². The molecule has 11 heavy (non-hydrogen) atoms. The van der Waals surface area contributed by atoms with Gasteiger partial charge in [0.1, 0.15) is 5.78 Å². The highest BCUT2D eigenvalue weighted by Gasteiger charge is 2.21. The Kier molecular flexibility index (Phi) is 2.63. The number of Topliss-reactive ketones (excluding diaryl/α,β-unsaturated/α-hetero) is 1. The van der Waals surface area contributed by atoms with Crippen molar-refractivity contribution in [3.63, 3.8) is 0 Å². The third kappa shape index (κ3) is 2.70. The maximum atomic E-state index is 10.8. The summed E-state index contributed by atoms with van der Waals surface area (Å²) >= 11 is 0. The Bertz CT molecular complexity index is 177. The largest absolute Gasteiger partial charge is 0.356 e. The molecule has 0 aliphatic heterocycles. The third-order valence-corrected chi connectivity index (χ3v) is 1.99. The molecule has 0 radical (unpaired) electrons. The van der Waals surface area contributed by atoms with Gasteiger partial charge in [0.2, 0.25) is 5.91 Å². The Hall–Kier alpha value is -0.860. The van der Waals surface area contributed by atoms with Gasteiger partial charge >= 0.3 is 0 Å². The van der Waals surface area contributed by atoms with Crippen LogP contribution in [0.5, 0.6) is 0 Å². The van der Waals surface area contributed by atoms with Gasteiger partial charge in [-0.2, -0.15) is 0 Å². The van der Waals surface area contributed by atoms with Gasteiger partial charge in [-0.3, -0.25) is 9.59 Å². The first-order valence-electron chi connectivity index (χ1n) is 3.94. The van der Waals surface area contributed by atoms with Gasteiger partial charge in [-0.05, 0) is 12.3 Å². The lowest BCUT2D eigenvalue weighted by molar-refractivity contribution is -0.120. The maximum Gasteiger partial charge on any atom is 0.216 e. The number of ketones is 1. The first-order valence-corrected chi connectivity index (χ1v) is 3.94. The predicted molar refractivity (Wildman–Crippen MR) is 41.0 cm³/mol. The quantitative estimate of drug-likeness (QED) is 0.631. The van der Waals surface area contributed by atoms with Crippen LogP contribution < -0.4 is 5.32 Å². The Labute approximate surface area is 66.2 Å². The van der Waals surface area contributed by atoms with Crippen molar-refractivity contribution in [2.24, 2.45) is 5.92 Å². The molecule has 0 aromatic carbocycles. The summed E-state index contributed by atoms with van der Waals surface area (Å²) < 4.78 is 0. The summed E-state index contributed by atoms with van der Waals surface area (Å²) in [6, 6.07) is 0. The fraction of sp³-hybridized carbons (Fsp3) is 0.750. The highest BCUT2D eigenvalue weighted by atomic mass is 16.1. The predicted octanol–water partition coefficient (Wildman–Crippen LogP) is 0.492. The van der Waals surface area contributed by atoms with E-state index in [2.05, 4.69) is 5.32 Å². The second-order valence-corrected chi connectivity index (χ2v) is 3.08. The van der Waals surface area contributed by atoms with Gasteiger partial charge < -0.3 is 5.32 Å². The molecule has 1 aliphatic rings. The van der Waals surface area contributed by atoms with Crippen molar-refractivity contribution in [3.05, 3.63) is 0 Å². The number of hydrogen-bond donors (Lipinski definition) is 1. The number of amides is 1. The lowest BCUT2D eigenvalue weighted by Gasteiger charge is -2.06. The number of rotatable bonds is 2. The number of hydrogen-bond acceptors (Lipinski definition) is 2. The molecule has 0 aromatic heterocycles. The Balaban J connectivity index is 2.18. The molecule has 1 N–H and O–H groups in total. The minimum Gasteiger partial charge on any atom is -0.356 e. The van der Waals surface area contributed by atoms with Crippen molar-refractivity contribution in [2.75, 3.05) is 6.54 Å². The zero-order valence-corrected chi connectivity index (χ0v) is 6.72. The minimum absolute atomic E-state index is 0.00986. The zero-order chi connectivity index (χ0) is 8.27. The molecule has 1 amide bonds. The molecule has 3 nitrogen and oxygen atoms in total. The van der Waals surface area contributed by atoms with Gasteiger partial charge in [-0.1, -0.05) is 0 Å². The molecule has 0 saturated heterocycles. The number of carbonyl (C=O) groups is 2. The summed E-state index contributed by atoms with van der Waals surface area (Å²) in [4.78, 5) is 21.3. The van der Waals surface area contributed by atoms with Crippen LogP contribution in [0.3, 0.4) is 0 Å². The Morgan fingerprint density at radius 2 is 2.45 bits per heavy atom. The fourth-order valence-corrected chi connectivity index (χ4v) is 1.35. The van der Waals surface area contributed by atoms with E-state index in [1.54, 1.807) is 0 Å². The number of carbonyl (C=O) groups excluding carboxylic acids is 2. The van der Waals surface area contributed by atoms with Gasteiger partial charge in [0, 0.05) is 26.3 Å². The van der Waals surface area contributed by atoms with Crippen molar-refractivity contribution in [1.82, 2.24) is 5.32 Å². The zero-order valence-electron chi connectivity index (χ0n) is 6.72. The van der Waals surface area contributed by atoms with E-state index in [1.807, 2.05) is 0 Å². The van der Waals surface area contributed by atoms with Crippen LogP contribution in [0, 0.1) is 5.92 Å². The molecule has 0 bridgehead atoms. The van der Waals surface area contributed by atoms with Crippen molar-refractivity contribution < 1.29 is 9.59 Å². The Morgan fingerprint density at radius 1 is 1.73 bits per heavy atom. The topological polar surface area (TPSA) is 46.2 Å². The van der Waals surface area contributed by atoms with Crippen LogP contribution in [0.1, 0.15) is 26.2 Å². The monoisotopic (exact) mass is 155 g/mol. The highest BCUT2D eigenvalue weighted by molar-refractivity contribution is 5.80. The van der Waals surface area contributed by atoms with Crippen molar-refractivity contribution in [2.45, 2.75) is 26.2 Å². The third-order valence-electron chi connectivity index (χ3n) is 1.99. The molecule has 0 heterocycles. The van der Waals surface area contributed by atoms with E-state index >= 15 is 0 Å². The summed E-state index contributed by atoms with van der Waals surface area (Å²) in [5, 5.41) is 2.72. The summed E-state index contributed by atoms with van der Waals surface area (Å²) in [6.45, 7) is 2.16. The highest BCUT2D eigenvalue weighted by Crippen LogP contribution is 2.20. The van der Waals surface area contributed by atoms with E-state index in [1.165, 1.54) is 6.92 Å². The van der Waals surface area contributed by atoms with Crippen LogP contribution in [0.4, 0.5) is 0 Å². The van der Waals surface area contributed by atoms with Gasteiger partial charge in [0.05, 0.1) is 0 Å². The van der Waals surface area contributed by atoms with E-state index in [-0.39, 0.29) is 5.91 Å². The molecule has 62 valence electrons. The van der Waals surface area contributed by atoms with Gasteiger partial charge in [-0.15, -0.1) is 0 Å². The smallest absolute Gasteiger partial charge is 0.216 e. The first kappa shape index (κ1) is 8.24. The van der Waals surface area contributed by atoms with E-state index < -0.39 is 0 Å². The number of nitrogens with one attached hydrogen (secondary N) is 1. The molecule has 0 spiro atoms. The van der Waals surface area contributed by atoms with Crippen LogP contribution in [-0.4, -0.2) is 18.2 Å². The summed E-state index contributed by atoms with van der Waals surface area (Å²) in [5.74, 6) is 0.719. The molecule has 1 aliphatic carbocycles. The maximum absolute atomic E-state index is 10.8. The average molecular weight is 155 g/mol. The average Bonchev–Trinajstić information content (AvgIpc) is 2.31. The molecular weight excluding hydrogens is 142 g/mol. The van der Waals surface area contributed by atoms with E-state index in [4.69, 9.17) is 0 Å². The van der Waals surface area contributed by atoms with Gasteiger partial charge in [0.15, 0.2) is 0 Å². The van der Waals surface area contributed by atoms with Gasteiger partial charge in [-0.25, -0.2) is 0 Å². The standard InChI is InChI=1S/C8H13NO2/c1-6(10)9-5-7-2-3-8(11)4-7/h7H,2-5H2,1H3,(H,9,10). The molecule has 0 aromatic rings. The molecule has 1 fully saturated rings. The van der Waals surface area contributed by atoms with Crippen molar-refractivity contribution in [1.29, 1.82) is 0 Å². The first-order chi connectivity index (χ1) is 5.18. The molecule has 1 unspecified atom stereocenters. The molecule has 1 rings (SSSR count). The molecule has 1 saturated carbocycles. The lowest BCUT2D eigenvalue weighted by atomic mass is 10.1. The summed E-state index contributed by atoms with van der Waals surface area (Å²) in [5.41, 5.74) is 0. The lowest BCUT2D eigenvalue weighted by Crippen LogP contribution is -2.25. The minimum atomic E-state index is -0.00986. The molecule has 3 heteroatoms. The fourth-order valence-electron chi connectivity index (χ4n) is 1.35. The van der Waals surface area contributed by atoms with Crippen LogP contribution in [-0.2, 0) is 9.59 Å². The van der Waals surface area contributed by atoms with E-state index in [9.17, 15) is 9.59 Å². The molecule has 1 atom stereocenters. The summed E-state index contributed by atoms with van der Waals surface area (Å²) in [7, 11) is 0. The second kappa shape index (κ2) is 3.51. The van der Waals surface area contributed by atoms with Crippen molar-refractivity contribution >= 4 is 11.7 Å². The Morgan fingerprint density at radius 3 is 2.91 bits per heavy atom. The van der Waals surface area contributed by atoms with Gasteiger partial charge in [0.25, 0.3) is 0 Å². The normalized spacial score (nSPS) is 23.7. The van der Waals surface area contributed by atoms with Crippen LogP contribution in [0.2, 0.25) is 0 Å². The van der Waals surface area contributed by atoms with E-state index in [0.29, 0.717) is 31.1 Å². The van der Waals surface area contributed by atoms with Crippen molar-refractivity contribution in [3.8, 4) is 0 Å². The SMILES string of the molecule is CC(=O)NCC1CCC(=O)C1. The van der Waals surface area contributed by atoms with Crippen LogP contribution >= 0.6 is 0 Å². The summed E-state index contributed by atoms with van der Waals surface area (Å²) in [6.07, 6.45) is 2.30. The second-order valence-electron chi connectivity index (χ2n) is 3.08. The van der Waals surface area contributed by atoms with Crippen LogP contribution in [0.25, 0.3) is 0 Å². The van der Waals surface area contributed by atoms with E-state index in [0.717, 1.165) is 6.42 Å². The molecular formula is C8H13NO2.